The smallest absolute Gasteiger partial charge is 0.169 e. The quantitative estimate of drug-likeness (QED) is 0.361. The molecule has 0 aromatic heterocycles. The number of benzene rings is 1. The maximum atomic E-state index is 11.8. The third-order valence-corrected chi connectivity index (χ3v) is 2.20. The van der Waals surface area contributed by atoms with Crippen LogP contribution < -0.4 is 4.81 Å². The van der Waals surface area contributed by atoms with Gasteiger partial charge in [-0.25, -0.2) is 5.21 Å². The molecular formula is C11H13NO2S. The van der Waals surface area contributed by atoms with Gasteiger partial charge in [0.25, 0.3) is 0 Å². The summed E-state index contributed by atoms with van der Waals surface area (Å²) >= 11 is 4.59. The Balaban J connectivity index is 3.10. The molecule has 1 aromatic carbocycles. The van der Waals surface area contributed by atoms with Gasteiger partial charge in [0.2, 0.25) is 0 Å². The van der Waals surface area contributed by atoms with Crippen molar-refractivity contribution in [2.45, 2.75) is 6.42 Å². The molecule has 4 heteroatoms. The van der Waals surface area contributed by atoms with E-state index in [0.29, 0.717) is 12.1 Å². The number of thiocarbonyl (C=S) groups is 1. The Hall–Kier alpha value is -1.07. The summed E-state index contributed by atoms with van der Waals surface area (Å²) in [5.41, 5.74) is 1.08. The Morgan fingerprint density at radius 2 is 2.13 bits per heavy atom. The molecule has 0 saturated heterocycles. The second kappa shape index (κ2) is 5.14. The van der Waals surface area contributed by atoms with Gasteiger partial charge in [0, 0.05) is 17.0 Å². The molecule has 3 nitrogen and oxygen atoms in total. The zero-order valence-corrected chi connectivity index (χ0v) is 9.11. The van der Waals surface area contributed by atoms with E-state index in [4.69, 9.17) is 0 Å². The molecule has 80 valence electrons. The van der Waals surface area contributed by atoms with Gasteiger partial charge in [-0.3, -0.25) is 0 Å². The first-order chi connectivity index (χ1) is 7.11. The molecule has 0 spiro atoms. The third kappa shape index (κ3) is 2.94. The number of para-hydroxylation sites is 1. The van der Waals surface area contributed by atoms with Crippen LogP contribution in [-0.2, 0) is 6.42 Å². The number of hydrogen-bond acceptors (Lipinski definition) is 3. The van der Waals surface area contributed by atoms with Crippen molar-refractivity contribution in [3.8, 4) is 0 Å². The van der Waals surface area contributed by atoms with Gasteiger partial charge in [0.1, 0.15) is 6.54 Å². The van der Waals surface area contributed by atoms with Crippen LogP contribution in [0.5, 0.6) is 0 Å². The molecule has 0 aliphatic carbocycles. The van der Waals surface area contributed by atoms with E-state index in [1.807, 2.05) is 6.07 Å². The second-order valence-electron chi connectivity index (χ2n) is 3.17. The van der Waals surface area contributed by atoms with Crippen LogP contribution in [0.15, 0.2) is 36.9 Å². The van der Waals surface area contributed by atoms with Gasteiger partial charge in [-0.05, 0) is 6.42 Å². The van der Waals surface area contributed by atoms with E-state index in [-0.39, 0.29) is 6.54 Å². The lowest BCUT2D eigenvalue weighted by Gasteiger charge is -2.32. The highest BCUT2D eigenvalue weighted by Gasteiger charge is 2.19. The highest BCUT2D eigenvalue weighted by Crippen LogP contribution is 2.24. The van der Waals surface area contributed by atoms with Crippen molar-refractivity contribution in [1.82, 2.24) is 4.81 Å². The molecule has 0 amide bonds. The minimum atomic E-state index is -1.45. The number of allylic oxidation sites excluding steroid dienone is 1. The van der Waals surface area contributed by atoms with E-state index in [1.54, 1.807) is 24.3 Å². The molecule has 1 rings (SSSR count). The molecule has 0 radical (unpaired) electrons. The summed E-state index contributed by atoms with van der Waals surface area (Å²) in [6.45, 7) is 3.47. The van der Waals surface area contributed by atoms with E-state index in [9.17, 15) is 10.4 Å². The molecule has 1 atom stereocenters. The summed E-state index contributed by atoms with van der Waals surface area (Å²) in [5, 5.41) is 22.6. The number of quaternary nitrogens is 1. The van der Waals surface area contributed by atoms with Crippen molar-refractivity contribution in [1.29, 1.82) is 0 Å². The zero-order valence-electron chi connectivity index (χ0n) is 8.30. The molecule has 1 unspecified atom stereocenters. The third-order valence-electron chi connectivity index (χ3n) is 2.05. The summed E-state index contributed by atoms with van der Waals surface area (Å²) in [5.74, 6) is 0. The van der Waals surface area contributed by atoms with Crippen molar-refractivity contribution in [3.05, 3.63) is 47.7 Å². The van der Waals surface area contributed by atoms with Crippen molar-refractivity contribution in [3.63, 3.8) is 0 Å². The Labute approximate surface area is 94.4 Å². The number of rotatable bonds is 5. The lowest BCUT2D eigenvalue weighted by atomic mass is 10.1. The minimum Gasteiger partial charge on any atom is -0.593 e. The predicted molar refractivity (Wildman–Crippen MR) is 65.8 cm³/mol. The SMILES string of the molecule is C=CCc1ccccc1[N+]([O-])(O)CC=S. The fraction of sp³-hybridized carbons (Fsp3) is 0.182. The second-order valence-corrected chi connectivity index (χ2v) is 3.51. The van der Waals surface area contributed by atoms with Gasteiger partial charge in [-0.15, -0.1) is 6.58 Å². The molecule has 0 saturated carbocycles. The molecular weight excluding hydrogens is 210 g/mol. The van der Waals surface area contributed by atoms with Crippen molar-refractivity contribution < 1.29 is 5.21 Å². The average Bonchev–Trinajstić information content (AvgIpc) is 2.19. The monoisotopic (exact) mass is 223 g/mol. The van der Waals surface area contributed by atoms with Gasteiger partial charge in [-0.2, -0.15) is 4.81 Å². The summed E-state index contributed by atoms with van der Waals surface area (Å²) in [4.78, 5) is -1.45. The maximum Gasteiger partial charge on any atom is 0.169 e. The average molecular weight is 223 g/mol. The highest BCUT2D eigenvalue weighted by molar-refractivity contribution is 7.79. The van der Waals surface area contributed by atoms with E-state index in [0.717, 1.165) is 5.56 Å². The Bertz CT molecular complexity index is 363. The zero-order chi connectivity index (χ0) is 11.3. The Kier molecular flexibility index (Phi) is 4.11. The molecule has 1 N–H and O–H groups in total. The van der Waals surface area contributed by atoms with Crippen LogP contribution >= 0.6 is 12.2 Å². The Morgan fingerprint density at radius 1 is 1.47 bits per heavy atom. The fourth-order valence-electron chi connectivity index (χ4n) is 1.38. The Morgan fingerprint density at radius 3 is 2.73 bits per heavy atom. The van der Waals surface area contributed by atoms with Crippen LogP contribution in [0.25, 0.3) is 0 Å². The molecule has 0 bridgehead atoms. The van der Waals surface area contributed by atoms with E-state index < -0.39 is 4.81 Å². The predicted octanol–water partition coefficient (Wildman–Crippen LogP) is 2.61. The highest BCUT2D eigenvalue weighted by atomic mass is 32.1. The first-order valence-electron chi connectivity index (χ1n) is 4.56. The van der Waals surface area contributed by atoms with E-state index in [1.165, 1.54) is 5.37 Å². The topological polar surface area (TPSA) is 43.3 Å². The molecule has 15 heavy (non-hydrogen) atoms. The fourth-order valence-corrected chi connectivity index (χ4v) is 1.58. The van der Waals surface area contributed by atoms with Crippen LogP contribution in [0.2, 0.25) is 0 Å². The summed E-state index contributed by atoms with van der Waals surface area (Å²) < 4.78 is 0. The van der Waals surface area contributed by atoms with Gasteiger partial charge < -0.3 is 5.21 Å². The molecule has 0 fully saturated rings. The van der Waals surface area contributed by atoms with Crippen molar-refractivity contribution >= 4 is 23.3 Å². The first-order valence-corrected chi connectivity index (χ1v) is 5.04. The number of hydrogen-bond donors (Lipinski definition) is 1. The lowest BCUT2D eigenvalue weighted by molar-refractivity contribution is -0.0153. The van der Waals surface area contributed by atoms with Crippen LogP contribution in [0, 0.1) is 5.21 Å². The molecule has 1 aromatic rings. The van der Waals surface area contributed by atoms with Gasteiger partial charge in [0.15, 0.2) is 5.69 Å². The molecule has 0 aliphatic rings. The maximum absolute atomic E-state index is 11.8. The lowest BCUT2D eigenvalue weighted by Crippen LogP contribution is -2.41. The van der Waals surface area contributed by atoms with Crippen LogP contribution in [0.1, 0.15) is 5.56 Å². The normalized spacial score (nSPS) is 14.3. The largest absolute Gasteiger partial charge is 0.593 e. The van der Waals surface area contributed by atoms with Gasteiger partial charge >= 0.3 is 0 Å². The van der Waals surface area contributed by atoms with Crippen molar-refractivity contribution in [2.24, 2.45) is 0 Å². The standard InChI is InChI=1S/C11H13NO2S/c1-2-5-10-6-3-4-7-11(10)12(13,14)8-9-15/h2-4,6-7,9,13H,1,5,8H2. The number of hydroxylamine groups is 2. The van der Waals surface area contributed by atoms with Crippen LogP contribution in [-0.4, -0.2) is 17.1 Å². The molecule has 0 heterocycles. The van der Waals surface area contributed by atoms with Crippen LogP contribution in [0.4, 0.5) is 5.69 Å². The minimum absolute atomic E-state index is 0.135. The van der Waals surface area contributed by atoms with Gasteiger partial charge in [0.05, 0.1) is 0 Å². The molecule has 0 aliphatic heterocycles. The first kappa shape index (κ1) is 12.0. The van der Waals surface area contributed by atoms with Crippen molar-refractivity contribution in [2.75, 3.05) is 6.54 Å². The van der Waals surface area contributed by atoms with Gasteiger partial charge in [-0.1, -0.05) is 36.5 Å². The summed E-state index contributed by atoms with van der Waals surface area (Å²) in [7, 11) is 0. The van der Waals surface area contributed by atoms with E-state index in [2.05, 4.69) is 18.8 Å². The number of nitrogens with zero attached hydrogens (tertiary/aromatic N) is 1. The van der Waals surface area contributed by atoms with Crippen LogP contribution in [0.3, 0.4) is 0 Å². The van der Waals surface area contributed by atoms with E-state index >= 15 is 0 Å². The summed E-state index contributed by atoms with van der Waals surface area (Å²) in [6, 6.07) is 6.93. The summed E-state index contributed by atoms with van der Waals surface area (Å²) in [6.07, 6.45) is 2.24.